The predicted molar refractivity (Wildman–Crippen MR) is 528 cm³/mol. The quantitative estimate of drug-likeness (QED) is 0.0300. The molecule has 16 N–H and O–H groups in total. The average molecular weight is 1810 g/mol. The summed E-state index contributed by atoms with van der Waals surface area (Å²) in [7, 11) is 0. The van der Waals surface area contributed by atoms with Crippen LogP contribution in [0.3, 0.4) is 0 Å². The number of carbonyl (C=O) groups excluding carboxylic acids is 5. The number of carbonyl (C=O) groups is 5. The first kappa shape index (κ1) is 92.9. The Morgan fingerprint density at radius 3 is 1.17 bits per heavy atom. The number of aryl methyl sites for hydroxylation is 6. The Morgan fingerprint density at radius 1 is 0.400 bits per heavy atom. The predicted octanol–water partition coefficient (Wildman–Crippen LogP) is 18.0. The minimum Gasteiger partial charge on any atom is -0.396 e. The number of urea groups is 3. The number of nitrogens with one attached hydrogen (secondary N) is 8. The number of hydrogen-bond donors (Lipinski definition) is 13. The summed E-state index contributed by atoms with van der Waals surface area (Å²) in [6.07, 6.45) is 7.68. The third-order valence-corrected chi connectivity index (χ3v) is 21.9. The Morgan fingerprint density at radius 2 is 0.770 bits per heavy atom. The molecule has 0 saturated carbocycles. The van der Waals surface area contributed by atoms with Gasteiger partial charge in [-0.3, -0.25) is 9.59 Å². The van der Waals surface area contributed by atoms with E-state index in [0.29, 0.717) is 158 Å². The summed E-state index contributed by atoms with van der Waals surface area (Å²) in [5.74, 6) is 1.03. The van der Waals surface area contributed by atoms with Crippen molar-refractivity contribution < 1.29 is 38.9 Å². The van der Waals surface area contributed by atoms with E-state index in [1.807, 2.05) is 251 Å². The van der Waals surface area contributed by atoms with E-state index < -0.39 is 0 Å². The largest absolute Gasteiger partial charge is 0.396 e. The summed E-state index contributed by atoms with van der Waals surface area (Å²) >= 11 is 0. The molecular weight excluding hydrogens is 1710 g/mol. The first-order valence-corrected chi connectivity index (χ1v) is 43.8. The van der Waals surface area contributed by atoms with Crippen LogP contribution >= 0.6 is 0 Å². The SMILES string of the molecule is Cc1cccc(C(=O)Nc2ccc(-c3nn(CCCO)c4ncnc(N)c34)cc2)c1.Cc1cccc(NC(=O)Nc2ccc(-c3nn(C(C)C)c4ncnc(NC(=O)c5ccc(C(C)(C)C)cc5)c34)cc2)c1.Cc1cccc(NC(=O)Nc2ccc(-c3nn(CCCO)c4ncnc(N)c34)cc2)c1.Cc1cccc(NC(=O)Nc2ccc(-c3nn([C@H]4CCOC4)c4ncnc(N)c34)cc2)c1. The molecule has 8 aromatic heterocycles. The van der Waals surface area contributed by atoms with Crippen molar-refractivity contribution in [2.24, 2.45) is 0 Å². The lowest BCUT2D eigenvalue weighted by molar-refractivity contribution is 0.101. The Hall–Kier alpha value is -16.8. The number of fused-ring (bicyclic) bond motifs is 4. The molecular formula is C100H103N27O8. The Bertz CT molecular complexity index is 7130. The smallest absolute Gasteiger partial charge is 0.323 e. The maximum Gasteiger partial charge on any atom is 0.323 e. The number of rotatable bonds is 22. The molecule has 0 bridgehead atoms. The zero-order valence-corrected chi connectivity index (χ0v) is 75.8. The molecule has 35 heteroatoms. The van der Waals surface area contributed by atoms with E-state index in [0.717, 1.165) is 78.9 Å². The molecule has 0 radical (unpaired) electrons. The van der Waals surface area contributed by atoms with Gasteiger partial charge >= 0.3 is 18.1 Å². The van der Waals surface area contributed by atoms with Gasteiger partial charge in [0.25, 0.3) is 11.8 Å². The Labute approximate surface area is 776 Å². The topological polar surface area (TPSA) is 484 Å². The lowest BCUT2D eigenvalue weighted by atomic mass is 9.87. The van der Waals surface area contributed by atoms with E-state index in [-0.39, 0.29) is 60.6 Å². The van der Waals surface area contributed by atoms with Gasteiger partial charge in [0.05, 0.1) is 34.2 Å². The number of benzene rings is 9. The molecule has 17 aromatic rings. The number of aliphatic hydroxyl groups is 2. The lowest BCUT2D eigenvalue weighted by Crippen LogP contribution is -2.19. The molecule has 8 amide bonds. The van der Waals surface area contributed by atoms with E-state index in [4.69, 9.17) is 42.3 Å². The van der Waals surface area contributed by atoms with Crippen LogP contribution in [-0.2, 0) is 23.2 Å². The molecule has 0 spiro atoms. The first-order valence-electron chi connectivity index (χ1n) is 43.8. The van der Waals surface area contributed by atoms with Crippen LogP contribution in [0.4, 0.5) is 77.5 Å². The van der Waals surface area contributed by atoms with Gasteiger partial charge in [-0.05, 0) is 198 Å². The molecule has 0 unspecified atom stereocenters. The number of nitrogens with two attached hydrogens (primary N) is 3. The van der Waals surface area contributed by atoms with Gasteiger partial charge in [0.2, 0.25) is 0 Å². The number of nitrogen functional groups attached to an aromatic ring is 3. The number of ether oxygens (including phenoxy) is 1. The van der Waals surface area contributed by atoms with Crippen LogP contribution in [0.5, 0.6) is 0 Å². The molecule has 35 nitrogen and oxygen atoms in total. The molecule has 9 heterocycles. The van der Waals surface area contributed by atoms with E-state index in [9.17, 15) is 24.0 Å². The fraction of sp³-hybridized carbons (Fsp3) is 0.210. The highest BCUT2D eigenvalue weighted by Crippen LogP contribution is 2.39. The number of amides is 8. The molecule has 135 heavy (non-hydrogen) atoms. The average Bonchev–Trinajstić information content (AvgIpc) is 1.62. The van der Waals surface area contributed by atoms with Crippen LogP contribution in [0.15, 0.2) is 244 Å². The zero-order valence-electron chi connectivity index (χ0n) is 75.8. The zero-order chi connectivity index (χ0) is 95.0. The highest BCUT2D eigenvalue weighted by Gasteiger charge is 2.28. The molecule has 1 fully saturated rings. The van der Waals surface area contributed by atoms with Gasteiger partial charge in [0.1, 0.15) is 71.4 Å². The van der Waals surface area contributed by atoms with E-state index in [1.165, 1.54) is 25.3 Å². The van der Waals surface area contributed by atoms with Crippen molar-refractivity contribution in [1.29, 1.82) is 0 Å². The van der Waals surface area contributed by atoms with Crippen LogP contribution in [0.2, 0.25) is 0 Å². The second-order valence-electron chi connectivity index (χ2n) is 33.5. The molecule has 686 valence electrons. The number of nitrogens with zero attached hydrogens (tertiary/aromatic N) is 16. The van der Waals surface area contributed by atoms with E-state index >= 15 is 0 Å². The third-order valence-electron chi connectivity index (χ3n) is 21.9. The van der Waals surface area contributed by atoms with Crippen LogP contribution in [0.1, 0.15) is 114 Å². The van der Waals surface area contributed by atoms with Crippen molar-refractivity contribution in [2.75, 3.05) is 86.2 Å². The number of hydrogen-bond acceptors (Lipinski definition) is 23. The fourth-order valence-electron chi connectivity index (χ4n) is 15.2. The maximum atomic E-state index is 13.3. The fourth-order valence-corrected chi connectivity index (χ4v) is 15.2. The van der Waals surface area contributed by atoms with E-state index in [1.54, 1.807) is 27.6 Å². The van der Waals surface area contributed by atoms with Gasteiger partial charge in [-0.2, -0.15) is 20.4 Å². The molecule has 18 rings (SSSR count). The molecule has 1 atom stereocenters. The normalized spacial score (nSPS) is 12.3. The first-order chi connectivity index (χ1) is 65.2. The third kappa shape index (κ3) is 22.6. The van der Waals surface area contributed by atoms with Crippen LogP contribution in [0.25, 0.3) is 89.2 Å². The summed E-state index contributed by atoms with van der Waals surface area (Å²) in [6, 6.07) is 66.5. The summed E-state index contributed by atoms with van der Waals surface area (Å²) < 4.78 is 12.7. The minimum absolute atomic E-state index is 0.00988. The lowest BCUT2D eigenvalue weighted by Gasteiger charge is -2.19. The van der Waals surface area contributed by atoms with E-state index in [2.05, 4.69) is 113 Å². The van der Waals surface area contributed by atoms with Crippen molar-refractivity contribution in [3.05, 3.63) is 283 Å². The summed E-state index contributed by atoms with van der Waals surface area (Å²) in [6.45, 7) is 20.8. The van der Waals surface area contributed by atoms with Crippen molar-refractivity contribution in [3.63, 3.8) is 0 Å². The highest BCUT2D eigenvalue weighted by molar-refractivity contribution is 6.11. The summed E-state index contributed by atoms with van der Waals surface area (Å²) in [5.41, 5.74) is 38.2. The van der Waals surface area contributed by atoms with Crippen LogP contribution in [0, 0.1) is 27.7 Å². The Kier molecular flexibility index (Phi) is 28.9. The Balaban J connectivity index is 0.000000138. The number of aromatic nitrogens is 16. The monoisotopic (exact) mass is 1810 g/mol. The summed E-state index contributed by atoms with van der Waals surface area (Å²) in [4.78, 5) is 97.2. The second-order valence-corrected chi connectivity index (χ2v) is 33.5. The van der Waals surface area contributed by atoms with Gasteiger partial charge in [0, 0.05) is 112 Å². The molecule has 9 aromatic carbocycles. The van der Waals surface area contributed by atoms with Crippen LogP contribution in [-0.4, -0.2) is 146 Å². The van der Waals surface area contributed by atoms with Crippen molar-refractivity contribution in [2.45, 2.75) is 112 Å². The number of aliphatic hydroxyl groups excluding tert-OH is 2. The van der Waals surface area contributed by atoms with Crippen molar-refractivity contribution in [1.82, 2.24) is 79.0 Å². The second kappa shape index (κ2) is 42.0. The van der Waals surface area contributed by atoms with Gasteiger partial charge in [0.15, 0.2) is 22.6 Å². The molecule has 1 aliphatic rings. The van der Waals surface area contributed by atoms with Gasteiger partial charge in [-0.1, -0.05) is 136 Å². The number of anilines is 11. The van der Waals surface area contributed by atoms with Gasteiger partial charge < -0.3 is 74.7 Å². The van der Waals surface area contributed by atoms with Gasteiger partial charge in [-0.15, -0.1) is 0 Å². The molecule has 0 aliphatic carbocycles. The molecule has 1 aliphatic heterocycles. The minimum atomic E-state index is -0.336. The van der Waals surface area contributed by atoms with Crippen molar-refractivity contribution in [3.8, 4) is 45.0 Å². The van der Waals surface area contributed by atoms with Crippen molar-refractivity contribution >= 4 is 137 Å². The summed E-state index contributed by atoms with van der Waals surface area (Å²) in [5, 5.41) is 62.8. The molecule has 1 saturated heterocycles. The van der Waals surface area contributed by atoms with Gasteiger partial charge in [-0.25, -0.2) is 73.0 Å². The highest BCUT2D eigenvalue weighted by atomic mass is 16.5. The van der Waals surface area contributed by atoms with Crippen LogP contribution < -0.4 is 59.7 Å². The maximum absolute atomic E-state index is 13.3. The standard InChI is InChI=1S/C33H35N7O2.C23H23N7O2.C22H23N7O2.C22H22N6O2/c1-20(2)40-30-27(29(34-19-35-30)38-31(41)23-10-14-24(15-11-23)33(4,5)6)28(39-40)22-12-16-25(17-13-22)36-32(42)37-26-9-7-8-21(3)18-26;1-14-3-2-4-17(11-14)28-23(31)27-16-7-5-15(6-8-16)20-19-21(24)25-13-26-22(19)30(29-20)18-9-10-32-12-18;1-14-4-2-5-17(12-14)27-22(31)26-16-8-6-15(7-9-16)19-18-20(23)24-13-25-21(18)29(28-19)10-3-11-30;1-14-4-2-5-16(12-14)22(30)26-17-8-6-15(7-9-17)19-18-20(23)24-13-25-21(18)28(27-19)10-3-11-29/h7-20H,1-6H3,(H2,36,37,42)(H,34,35,38,41);2-8,11,13,18H,9-10,12H2,1H3,(H2,24,25,26)(H2,27,28,31);2,4-9,12-13,30H,3,10-11H2,1H3,(H2,23,24,25)(H2,26,27,31);2,4-9,12-13,29H,3,10-11H2,1H3,(H,26,30)(H2,23,24,25)/t;18-;;/m.0../s1.